The van der Waals surface area contributed by atoms with Crippen LogP contribution in [0.1, 0.15) is 0 Å². The molecule has 1 aliphatic rings. The first-order chi connectivity index (χ1) is 5.57. The van der Waals surface area contributed by atoms with Crippen LogP contribution in [0, 0.1) is 0 Å². The second-order valence-electron chi connectivity index (χ2n) is 2.55. The molecule has 1 saturated heterocycles. The molecule has 1 fully saturated rings. The molecule has 1 aliphatic heterocycles. The van der Waals surface area contributed by atoms with Crippen LogP contribution in [0.15, 0.2) is 0 Å². The number of hydrogen-bond acceptors (Lipinski definition) is 6. The van der Waals surface area contributed by atoms with Gasteiger partial charge in [-0.25, -0.2) is 0 Å². The van der Waals surface area contributed by atoms with Crippen LogP contribution < -0.4 is 0 Å². The van der Waals surface area contributed by atoms with E-state index in [-0.39, 0.29) is 0 Å². The molecule has 1 unspecified atom stereocenters. The second kappa shape index (κ2) is 3.46. The lowest BCUT2D eigenvalue weighted by molar-refractivity contribution is -0.226. The molecule has 0 aromatic heterocycles. The van der Waals surface area contributed by atoms with Crippen molar-refractivity contribution in [2.75, 3.05) is 6.61 Å². The normalized spacial score (nSPS) is 43.2. The third-order valence-electron chi connectivity index (χ3n) is 1.72. The van der Waals surface area contributed by atoms with Crippen LogP contribution in [0.25, 0.3) is 0 Å². The molecule has 0 aliphatic carbocycles. The summed E-state index contributed by atoms with van der Waals surface area (Å²) in [6.07, 6.45) is -6.05. The van der Waals surface area contributed by atoms with E-state index in [0.717, 1.165) is 0 Å². The quantitative estimate of drug-likeness (QED) is 0.340. The van der Waals surface area contributed by atoms with Crippen molar-refractivity contribution in [1.82, 2.24) is 0 Å². The van der Waals surface area contributed by atoms with Crippen molar-refractivity contribution in [3.05, 3.63) is 0 Å². The van der Waals surface area contributed by atoms with E-state index in [0.29, 0.717) is 0 Å². The molecule has 0 amide bonds. The minimum atomic E-state index is -1.76. The van der Waals surface area contributed by atoms with Gasteiger partial charge in [-0.3, -0.25) is 4.79 Å². The molecule has 0 radical (unpaired) electrons. The Morgan fingerprint density at radius 2 is 1.92 bits per heavy atom. The fourth-order valence-corrected chi connectivity index (χ4v) is 0.982. The number of aliphatic hydroxyl groups excluding tert-OH is 4. The molecule has 0 bridgehead atoms. The fraction of sp³-hybridized carbons (Fsp3) is 0.833. The van der Waals surface area contributed by atoms with Crippen LogP contribution in [0.2, 0.25) is 0 Å². The van der Waals surface area contributed by atoms with Crippen molar-refractivity contribution < 1.29 is 30.0 Å². The summed E-state index contributed by atoms with van der Waals surface area (Å²) in [6.45, 7) is -0.567. The summed E-state index contributed by atoms with van der Waals surface area (Å²) in [7, 11) is 0. The van der Waals surface area contributed by atoms with Crippen LogP contribution >= 0.6 is 0 Å². The van der Waals surface area contributed by atoms with Crippen molar-refractivity contribution in [1.29, 1.82) is 0 Å². The molecule has 4 atom stereocenters. The fourth-order valence-electron chi connectivity index (χ4n) is 0.982. The molecule has 0 aromatic rings. The van der Waals surface area contributed by atoms with Crippen molar-refractivity contribution in [2.45, 2.75) is 24.6 Å². The maximum atomic E-state index is 10.7. The number of ether oxygens (including phenoxy) is 1. The van der Waals surface area contributed by atoms with Gasteiger partial charge in [-0.2, -0.15) is 0 Å². The number of Topliss-reactive ketones (excluding diaryl/α,β-unsaturated/α-hetero) is 1. The van der Waals surface area contributed by atoms with Crippen molar-refractivity contribution in [3.63, 3.8) is 0 Å². The third kappa shape index (κ3) is 1.47. The maximum Gasteiger partial charge on any atom is 0.219 e. The summed E-state index contributed by atoms with van der Waals surface area (Å²) < 4.78 is 4.48. The number of carbonyl (C=O) groups excluding carboxylic acids is 1. The predicted molar refractivity (Wildman–Crippen MR) is 35.0 cm³/mol. The highest BCUT2D eigenvalue weighted by molar-refractivity contribution is 5.87. The highest BCUT2D eigenvalue weighted by atomic mass is 16.6. The lowest BCUT2D eigenvalue weighted by Gasteiger charge is -2.32. The Labute approximate surface area is 68.0 Å². The van der Waals surface area contributed by atoms with Crippen LogP contribution in [-0.2, 0) is 9.53 Å². The Kier molecular flexibility index (Phi) is 2.76. The molecule has 6 heteroatoms. The van der Waals surface area contributed by atoms with E-state index in [1.54, 1.807) is 0 Å². The zero-order valence-corrected chi connectivity index (χ0v) is 6.12. The molecule has 70 valence electrons. The molecule has 4 N–H and O–H groups in total. The maximum absolute atomic E-state index is 10.7. The first kappa shape index (κ1) is 9.56. The van der Waals surface area contributed by atoms with Crippen LogP contribution in [0.4, 0.5) is 0 Å². The Balaban J connectivity index is 2.70. The van der Waals surface area contributed by atoms with E-state index in [2.05, 4.69) is 4.74 Å². The molecular formula is C6H10O6. The van der Waals surface area contributed by atoms with E-state index in [1.165, 1.54) is 0 Å². The predicted octanol–water partition coefficient (Wildman–Crippen LogP) is -3.01. The number of carbonyl (C=O) groups is 1. The van der Waals surface area contributed by atoms with Crippen LogP contribution in [-0.4, -0.2) is 57.4 Å². The average Bonchev–Trinajstić information content (AvgIpc) is 2.08. The van der Waals surface area contributed by atoms with Crippen molar-refractivity contribution in [2.24, 2.45) is 0 Å². The summed E-state index contributed by atoms with van der Waals surface area (Å²) in [5, 5.41) is 35.4. The van der Waals surface area contributed by atoms with Gasteiger partial charge in [-0.15, -0.1) is 0 Å². The molecule has 0 saturated carbocycles. The van der Waals surface area contributed by atoms with E-state index in [9.17, 15) is 4.79 Å². The van der Waals surface area contributed by atoms with Gasteiger partial charge >= 0.3 is 0 Å². The minimum Gasteiger partial charge on any atom is -0.394 e. The van der Waals surface area contributed by atoms with Gasteiger partial charge in [0.15, 0.2) is 0 Å². The monoisotopic (exact) mass is 178 g/mol. The smallest absolute Gasteiger partial charge is 0.219 e. The lowest BCUT2D eigenvalue weighted by Crippen LogP contribution is -2.56. The Bertz CT molecular complexity index is 181. The Morgan fingerprint density at radius 3 is 2.42 bits per heavy atom. The number of rotatable bonds is 1. The highest BCUT2D eigenvalue weighted by Crippen LogP contribution is 2.15. The molecule has 1 rings (SSSR count). The zero-order valence-electron chi connectivity index (χ0n) is 6.12. The van der Waals surface area contributed by atoms with E-state index in [1.807, 2.05) is 0 Å². The summed E-state index contributed by atoms with van der Waals surface area (Å²) in [5.74, 6) is -0.993. The van der Waals surface area contributed by atoms with Gasteiger partial charge in [0.25, 0.3) is 0 Å². The van der Waals surface area contributed by atoms with Crippen LogP contribution in [0.3, 0.4) is 0 Å². The minimum absolute atomic E-state index is 0.567. The molecular weight excluding hydrogens is 168 g/mol. The van der Waals surface area contributed by atoms with E-state index in [4.69, 9.17) is 20.4 Å². The average molecular weight is 178 g/mol. The number of hydrogen-bond donors (Lipinski definition) is 4. The first-order valence-corrected chi connectivity index (χ1v) is 3.42. The van der Waals surface area contributed by atoms with Gasteiger partial charge < -0.3 is 25.2 Å². The van der Waals surface area contributed by atoms with Gasteiger partial charge in [0.05, 0.1) is 6.61 Å². The molecule has 12 heavy (non-hydrogen) atoms. The topological polar surface area (TPSA) is 107 Å². The molecule has 0 aromatic carbocycles. The summed E-state index contributed by atoms with van der Waals surface area (Å²) in [5.41, 5.74) is 0. The zero-order chi connectivity index (χ0) is 9.30. The second-order valence-corrected chi connectivity index (χ2v) is 2.55. The van der Waals surface area contributed by atoms with Gasteiger partial charge in [-0.05, 0) is 0 Å². The van der Waals surface area contributed by atoms with Gasteiger partial charge in [-0.1, -0.05) is 0 Å². The summed E-state index contributed by atoms with van der Waals surface area (Å²) in [6, 6.07) is 0. The van der Waals surface area contributed by atoms with Crippen LogP contribution in [0.5, 0.6) is 0 Å². The van der Waals surface area contributed by atoms with Crippen molar-refractivity contribution in [3.8, 4) is 0 Å². The standard InChI is InChI=1S/C6H10O6/c7-1-2-3(8)4(9)5(10)6(11)12-2/h2-4,6-9,11H,1H2/t2-,3-,4-,6?/m1/s1. The molecule has 1 heterocycles. The lowest BCUT2D eigenvalue weighted by atomic mass is 10.0. The third-order valence-corrected chi connectivity index (χ3v) is 1.72. The van der Waals surface area contributed by atoms with Gasteiger partial charge in [0, 0.05) is 0 Å². The van der Waals surface area contributed by atoms with Gasteiger partial charge in [0.1, 0.15) is 18.3 Å². The number of ketones is 1. The Hall–Kier alpha value is -0.530. The number of aliphatic hydroxyl groups is 4. The first-order valence-electron chi connectivity index (χ1n) is 3.42. The SMILES string of the molecule is O=C1C(O)O[C@H](CO)[C@@H](O)[C@H]1O. The highest BCUT2D eigenvalue weighted by Gasteiger charge is 2.42. The Morgan fingerprint density at radius 1 is 1.33 bits per heavy atom. The molecule has 0 spiro atoms. The van der Waals surface area contributed by atoms with E-state index >= 15 is 0 Å². The van der Waals surface area contributed by atoms with E-state index < -0.39 is 37.0 Å². The summed E-state index contributed by atoms with van der Waals surface area (Å²) >= 11 is 0. The summed E-state index contributed by atoms with van der Waals surface area (Å²) in [4.78, 5) is 10.7. The van der Waals surface area contributed by atoms with Crippen molar-refractivity contribution >= 4 is 5.78 Å². The van der Waals surface area contributed by atoms with Gasteiger partial charge in [0.2, 0.25) is 12.1 Å². The largest absolute Gasteiger partial charge is 0.394 e. The molecule has 6 nitrogen and oxygen atoms in total.